The van der Waals surface area contributed by atoms with E-state index in [9.17, 15) is 18.0 Å². The second-order valence-electron chi connectivity index (χ2n) is 8.23. The number of nitrogens with zero attached hydrogens (tertiary/aromatic N) is 2. The van der Waals surface area contributed by atoms with Gasteiger partial charge >= 0.3 is 0 Å². The first-order valence-corrected chi connectivity index (χ1v) is 12.1. The number of carbonyl (C=O) groups is 2. The van der Waals surface area contributed by atoms with Gasteiger partial charge in [-0.2, -0.15) is 4.31 Å². The van der Waals surface area contributed by atoms with Crippen LogP contribution in [0.4, 0.5) is 5.69 Å². The van der Waals surface area contributed by atoms with Gasteiger partial charge in [0, 0.05) is 25.3 Å². The molecule has 1 aromatic heterocycles. The Morgan fingerprint density at radius 2 is 1.74 bits per heavy atom. The molecule has 31 heavy (non-hydrogen) atoms. The highest BCUT2D eigenvalue weighted by molar-refractivity contribution is 7.89. The molecule has 8 nitrogen and oxygen atoms in total. The molecule has 0 bridgehead atoms. The second-order valence-corrected chi connectivity index (χ2v) is 10.2. The molecule has 166 valence electrons. The third kappa shape index (κ3) is 4.52. The fraction of sp³-hybridized carbons (Fsp3) is 0.455. The molecule has 2 fully saturated rings. The zero-order valence-corrected chi connectivity index (χ0v) is 18.3. The molecule has 4 rings (SSSR count). The van der Waals surface area contributed by atoms with Crippen LogP contribution in [0.25, 0.3) is 0 Å². The van der Waals surface area contributed by atoms with Crippen LogP contribution in [0.5, 0.6) is 0 Å². The Morgan fingerprint density at radius 3 is 2.39 bits per heavy atom. The maximum atomic E-state index is 12.9. The van der Waals surface area contributed by atoms with Gasteiger partial charge in [-0.05, 0) is 68.0 Å². The zero-order chi connectivity index (χ0) is 22.0. The highest BCUT2D eigenvalue weighted by Gasteiger charge is 2.35. The van der Waals surface area contributed by atoms with Crippen molar-refractivity contribution in [2.24, 2.45) is 5.92 Å². The maximum Gasteiger partial charge on any atom is 0.290 e. The van der Waals surface area contributed by atoms with Crippen LogP contribution in [-0.4, -0.2) is 55.1 Å². The Labute approximate surface area is 182 Å². The molecule has 2 saturated heterocycles. The summed E-state index contributed by atoms with van der Waals surface area (Å²) in [5, 5.41) is 2.81. The number of benzene rings is 1. The van der Waals surface area contributed by atoms with Crippen LogP contribution in [-0.2, 0) is 14.8 Å². The predicted molar refractivity (Wildman–Crippen MR) is 115 cm³/mol. The minimum absolute atomic E-state index is 0.210. The van der Waals surface area contributed by atoms with Gasteiger partial charge in [-0.1, -0.05) is 6.92 Å². The summed E-state index contributed by atoms with van der Waals surface area (Å²) in [7, 11) is -3.53. The van der Waals surface area contributed by atoms with Gasteiger partial charge in [0.2, 0.25) is 15.9 Å². The van der Waals surface area contributed by atoms with Gasteiger partial charge in [0.05, 0.1) is 11.2 Å². The van der Waals surface area contributed by atoms with Crippen molar-refractivity contribution in [3.8, 4) is 0 Å². The van der Waals surface area contributed by atoms with Gasteiger partial charge < -0.3 is 14.6 Å². The number of sulfonamides is 1. The molecular formula is C22H27N3O5S. The lowest BCUT2D eigenvalue weighted by Crippen LogP contribution is -2.43. The van der Waals surface area contributed by atoms with Gasteiger partial charge in [0.15, 0.2) is 5.76 Å². The zero-order valence-electron chi connectivity index (χ0n) is 17.5. The second kappa shape index (κ2) is 8.84. The average molecular weight is 446 g/mol. The molecule has 0 unspecified atom stereocenters. The summed E-state index contributed by atoms with van der Waals surface area (Å²) in [6.07, 6.45) is 4.46. The molecule has 2 aliphatic rings. The van der Waals surface area contributed by atoms with E-state index in [-0.39, 0.29) is 22.5 Å². The molecule has 1 atom stereocenters. The summed E-state index contributed by atoms with van der Waals surface area (Å²) in [6, 6.07) is 8.84. The summed E-state index contributed by atoms with van der Waals surface area (Å²) in [4.78, 5) is 27.1. The number of hydrogen-bond acceptors (Lipinski definition) is 5. The van der Waals surface area contributed by atoms with Crippen LogP contribution in [0, 0.1) is 5.92 Å². The number of furan rings is 1. The fourth-order valence-corrected chi connectivity index (χ4v) is 5.60. The molecule has 0 saturated carbocycles. The molecule has 1 N–H and O–H groups in total. The number of amides is 2. The summed E-state index contributed by atoms with van der Waals surface area (Å²) >= 11 is 0. The Bertz CT molecular complexity index is 1030. The maximum absolute atomic E-state index is 12.9. The minimum Gasteiger partial charge on any atom is -0.459 e. The van der Waals surface area contributed by atoms with Crippen LogP contribution in [0.2, 0.25) is 0 Å². The molecule has 2 amide bonds. The Kier molecular flexibility index (Phi) is 6.15. The molecule has 1 aromatic carbocycles. The van der Waals surface area contributed by atoms with Gasteiger partial charge in [-0.3, -0.25) is 9.59 Å². The highest BCUT2D eigenvalue weighted by Crippen LogP contribution is 2.25. The molecule has 2 aliphatic heterocycles. The van der Waals surface area contributed by atoms with Crippen molar-refractivity contribution < 1.29 is 22.4 Å². The highest BCUT2D eigenvalue weighted by atomic mass is 32.2. The molecule has 3 heterocycles. The van der Waals surface area contributed by atoms with Gasteiger partial charge in [-0.15, -0.1) is 0 Å². The van der Waals surface area contributed by atoms with E-state index in [0.717, 1.165) is 19.3 Å². The van der Waals surface area contributed by atoms with Crippen LogP contribution in [0.15, 0.2) is 52.0 Å². The lowest BCUT2D eigenvalue weighted by atomic mass is 10.0. The number of nitrogens with one attached hydrogen (secondary N) is 1. The molecule has 0 aliphatic carbocycles. The van der Waals surface area contributed by atoms with Crippen LogP contribution < -0.4 is 5.32 Å². The summed E-state index contributed by atoms with van der Waals surface area (Å²) in [6.45, 7) is 3.69. The standard InChI is InChI=1S/C22H27N3O5S/c1-16-10-13-24(14-11-16)31(28,29)18-8-6-17(7-9-18)23-21(26)19-4-2-12-25(19)22(27)20-5-3-15-30-20/h3,5-9,15-16,19H,2,4,10-14H2,1H3,(H,23,26)/t19-/m0/s1. The van der Waals surface area contributed by atoms with E-state index in [2.05, 4.69) is 12.2 Å². The normalized spacial score (nSPS) is 20.7. The topological polar surface area (TPSA) is 99.9 Å². The van der Waals surface area contributed by atoms with Crippen LogP contribution in [0.1, 0.15) is 43.2 Å². The monoisotopic (exact) mass is 445 g/mol. The van der Waals surface area contributed by atoms with Crippen molar-refractivity contribution in [1.82, 2.24) is 9.21 Å². The molecule has 9 heteroatoms. The molecule has 2 aromatic rings. The quantitative estimate of drug-likeness (QED) is 0.763. The van der Waals surface area contributed by atoms with Crippen molar-refractivity contribution in [3.63, 3.8) is 0 Å². The van der Waals surface area contributed by atoms with Gasteiger partial charge in [0.1, 0.15) is 6.04 Å². The minimum atomic E-state index is -3.53. The van der Waals surface area contributed by atoms with Crippen LogP contribution in [0.3, 0.4) is 0 Å². The first kappa shape index (κ1) is 21.6. The Morgan fingerprint density at radius 1 is 1.03 bits per heavy atom. The average Bonchev–Trinajstić information content (AvgIpc) is 3.46. The van der Waals surface area contributed by atoms with Crippen molar-refractivity contribution >= 4 is 27.5 Å². The van der Waals surface area contributed by atoms with E-state index in [1.165, 1.54) is 27.6 Å². The van der Waals surface area contributed by atoms with Gasteiger partial charge in [0.25, 0.3) is 5.91 Å². The Balaban J connectivity index is 1.41. The summed E-state index contributed by atoms with van der Waals surface area (Å²) in [5.74, 6) is 0.151. The van der Waals surface area contributed by atoms with E-state index < -0.39 is 16.1 Å². The van der Waals surface area contributed by atoms with E-state index in [4.69, 9.17) is 4.42 Å². The molecular weight excluding hydrogens is 418 g/mol. The van der Waals surface area contributed by atoms with Crippen molar-refractivity contribution in [3.05, 3.63) is 48.4 Å². The van der Waals surface area contributed by atoms with E-state index in [0.29, 0.717) is 37.7 Å². The number of piperidine rings is 1. The number of hydrogen-bond donors (Lipinski definition) is 1. The smallest absolute Gasteiger partial charge is 0.290 e. The number of rotatable bonds is 5. The van der Waals surface area contributed by atoms with E-state index in [1.54, 1.807) is 24.3 Å². The molecule has 0 spiro atoms. The third-order valence-electron chi connectivity index (χ3n) is 6.05. The van der Waals surface area contributed by atoms with Crippen molar-refractivity contribution in [1.29, 1.82) is 0 Å². The van der Waals surface area contributed by atoms with Crippen LogP contribution >= 0.6 is 0 Å². The van der Waals surface area contributed by atoms with Gasteiger partial charge in [-0.25, -0.2) is 8.42 Å². The fourth-order valence-electron chi connectivity index (χ4n) is 4.13. The lowest BCUT2D eigenvalue weighted by molar-refractivity contribution is -0.119. The number of likely N-dealkylation sites (tertiary alicyclic amines) is 1. The SMILES string of the molecule is CC1CCN(S(=O)(=O)c2ccc(NC(=O)[C@@H]3CCCN3C(=O)c3ccco3)cc2)CC1. The third-order valence-corrected chi connectivity index (χ3v) is 7.96. The first-order valence-electron chi connectivity index (χ1n) is 10.6. The molecule has 0 radical (unpaired) electrons. The van der Waals surface area contributed by atoms with Crippen molar-refractivity contribution in [2.75, 3.05) is 25.0 Å². The van der Waals surface area contributed by atoms with E-state index >= 15 is 0 Å². The lowest BCUT2D eigenvalue weighted by Gasteiger charge is -2.29. The number of anilines is 1. The summed E-state index contributed by atoms with van der Waals surface area (Å²) < 4.78 is 32.4. The first-order chi connectivity index (χ1) is 14.9. The van der Waals surface area contributed by atoms with Crippen molar-refractivity contribution in [2.45, 2.75) is 43.5 Å². The number of carbonyl (C=O) groups excluding carboxylic acids is 2. The predicted octanol–water partition coefficient (Wildman–Crippen LogP) is 2.94. The van der Waals surface area contributed by atoms with E-state index in [1.807, 2.05) is 0 Å². The Hall–Kier alpha value is -2.65. The summed E-state index contributed by atoms with van der Waals surface area (Å²) in [5.41, 5.74) is 0.494. The largest absolute Gasteiger partial charge is 0.459 e.